The zero-order chi connectivity index (χ0) is 31.5. The number of hydrogen-bond acceptors (Lipinski definition) is 5. The Kier molecular flexibility index (Phi) is 11.4. The van der Waals surface area contributed by atoms with Crippen LogP contribution in [0.1, 0.15) is 47.3 Å². The molecule has 1 unspecified atom stereocenters. The number of amides is 3. The second kappa shape index (κ2) is 15.6. The molecule has 3 N–H and O–H groups in total. The molecule has 0 aromatic heterocycles. The van der Waals surface area contributed by atoms with Crippen LogP contribution >= 0.6 is 11.8 Å². The molecule has 8 heteroatoms. The summed E-state index contributed by atoms with van der Waals surface area (Å²) in [5.41, 5.74) is 4.71. The summed E-state index contributed by atoms with van der Waals surface area (Å²) in [4.78, 5) is 40.7. The maximum absolute atomic E-state index is 13.5. The van der Waals surface area contributed by atoms with E-state index in [2.05, 4.69) is 22.9 Å². The molecule has 44 heavy (non-hydrogen) atoms. The number of thioether (sulfide) groups is 1. The monoisotopic (exact) mass is 607 g/mol. The van der Waals surface area contributed by atoms with Crippen LogP contribution in [0, 0.1) is 6.92 Å². The number of ether oxygens (including phenoxy) is 1. The number of aryl methyl sites for hydroxylation is 2. The van der Waals surface area contributed by atoms with Crippen LogP contribution < -0.4 is 20.7 Å². The number of nitrogens with one attached hydrogen (secondary N) is 3. The van der Waals surface area contributed by atoms with Gasteiger partial charge in [-0.25, -0.2) is 0 Å². The lowest BCUT2D eigenvalue weighted by Gasteiger charge is -2.18. The van der Waals surface area contributed by atoms with E-state index < -0.39 is 11.8 Å². The van der Waals surface area contributed by atoms with Gasteiger partial charge in [0.25, 0.3) is 11.8 Å². The van der Waals surface area contributed by atoms with Crippen molar-refractivity contribution in [2.24, 2.45) is 0 Å². The highest BCUT2D eigenvalue weighted by Crippen LogP contribution is 2.30. The van der Waals surface area contributed by atoms with Gasteiger partial charge >= 0.3 is 0 Å². The second-order valence-corrected chi connectivity index (χ2v) is 11.4. The molecule has 4 aromatic carbocycles. The summed E-state index contributed by atoms with van der Waals surface area (Å²) in [6.45, 7) is 6.04. The fourth-order valence-electron chi connectivity index (χ4n) is 4.58. The Hall–Kier alpha value is -4.82. The molecule has 0 aliphatic heterocycles. The Balaban J connectivity index is 1.52. The van der Waals surface area contributed by atoms with E-state index in [1.165, 1.54) is 11.8 Å². The predicted octanol–water partition coefficient (Wildman–Crippen LogP) is 7.49. The molecule has 7 nitrogen and oxygen atoms in total. The Morgan fingerprint density at radius 1 is 0.864 bits per heavy atom. The lowest BCUT2D eigenvalue weighted by Crippen LogP contribution is -2.30. The topological polar surface area (TPSA) is 96.5 Å². The van der Waals surface area contributed by atoms with Gasteiger partial charge in [0.1, 0.15) is 11.4 Å². The van der Waals surface area contributed by atoms with Crippen molar-refractivity contribution in [3.8, 4) is 5.75 Å². The van der Waals surface area contributed by atoms with Crippen LogP contribution in [0.15, 0.2) is 108 Å². The molecule has 0 saturated heterocycles. The highest BCUT2D eigenvalue weighted by Gasteiger charge is 2.21. The average Bonchev–Trinajstić information content (AvgIpc) is 3.04. The van der Waals surface area contributed by atoms with Gasteiger partial charge < -0.3 is 20.7 Å². The molecule has 0 aliphatic carbocycles. The third kappa shape index (κ3) is 8.61. The van der Waals surface area contributed by atoms with Gasteiger partial charge in [-0.1, -0.05) is 68.4 Å². The Morgan fingerprint density at radius 3 is 2.34 bits per heavy atom. The summed E-state index contributed by atoms with van der Waals surface area (Å²) in [5, 5.41) is 8.47. The summed E-state index contributed by atoms with van der Waals surface area (Å²) in [6.07, 6.45) is 3.05. The molecule has 0 fully saturated rings. The smallest absolute Gasteiger partial charge is 0.272 e. The molecular formula is C36H37N3O4S. The molecule has 3 amide bonds. The van der Waals surface area contributed by atoms with Crippen molar-refractivity contribution in [2.75, 3.05) is 17.7 Å². The van der Waals surface area contributed by atoms with Gasteiger partial charge in [-0.05, 0) is 85.0 Å². The van der Waals surface area contributed by atoms with E-state index in [1.807, 2.05) is 68.4 Å². The normalized spacial score (nSPS) is 11.8. The van der Waals surface area contributed by atoms with Crippen molar-refractivity contribution < 1.29 is 19.1 Å². The Labute approximate surface area is 263 Å². The number of hydrogen-bond donors (Lipinski definition) is 3. The molecule has 0 aliphatic rings. The van der Waals surface area contributed by atoms with E-state index in [4.69, 9.17) is 4.74 Å². The van der Waals surface area contributed by atoms with Crippen molar-refractivity contribution in [1.82, 2.24) is 5.32 Å². The summed E-state index contributed by atoms with van der Waals surface area (Å²) in [7, 11) is 1.57. The largest absolute Gasteiger partial charge is 0.497 e. The van der Waals surface area contributed by atoms with Crippen LogP contribution in [-0.2, 0) is 16.0 Å². The van der Waals surface area contributed by atoms with E-state index in [9.17, 15) is 14.4 Å². The number of carbonyl (C=O) groups excluding carboxylic acids is 3. The minimum Gasteiger partial charge on any atom is -0.497 e. The zero-order valence-corrected chi connectivity index (χ0v) is 26.2. The number of benzene rings is 4. The fourth-order valence-corrected chi connectivity index (χ4v) is 5.59. The molecule has 0 spiro atoms. The summed E-state index contributed by atoms with van der Waals surface area (Å²) < 4.78 is 5.32. The van der Waals surface area contributed by atoms with Crippen LogP contribution in [0.4, 0.5) is 11.4 Å². The van der Waals surface area contributed by atoms with Gasteiger partial charge in [0.15, 0.2) is 0 Å². The first-order valence-corrected chi connectivity index (χ1v) is 15.4. The first-order chi connectivity index (χ1) is 21.3. The van der Waals surface area contributed by atoms with Crippen LogP contribution in [0.5, 0.6) is 5.75 Å². The van der Waals surface area contributed by atoms with E-state index >= 15 is 0 Å². The lowest BCUT2D eigenvalue weighted by atomic mass is 10.1. The fraction of sp³-hybridized carbons (Fsp3) is 0.194. The Morgan fingerprint density at radius 2 is 1.61 bits per heavy atom. The second-order valence-electron chi connectivity index (χ2n) is 10.1. The van der Waals surface area contributed by atoms with Gasteiger partial charge in [0, 0.05) is 21.8 Å². The zero-order valence-electron chi connectivity index (χ0n) is 25.3. The molecular weight excluding hydrogens is 570 g/mol. The molecule has 4 aromatic rings. The molecule has 226 valence electrons. The molecule has 1 atom stereocenters. The van der Waals surface area contributed by atoms with E-state index in [-0.39, 0.29) is 16.9 Å². The van der Waals surface area contributed by atoms with Gasteiger partial charge in [0.05, 0.1) is 12.4 Å². The highest BCUT2D eigenvalue weighted by atomic mass is 32.2. The minimum absolute atomic E-state index is 0.0666. The van der Waals surface area contributed by atoms with Crippen LogP contribution in [0.2, 0.25) is 0 Å². The molecule has 0 heterocycles. The van der Waals surface area contributed by atoms with Gasteiger partial charge in [-0.15, -0.1) is 11.8 Å². The molecule has 4 rings (SSSR count). The van der Waals surface area contributed by atoms with Crippen molar-refractivity contribution in [1.29, 1.82) is 0 Å². The number of para-hydroxylation sites is 1. The third-order valence-electron chi connectivity index (χ3n) is 6.96. The maximum Gasteiger partial charge on any atom is 0.272 e. The standard InChI is InChI=1S/C36H37N3O4S/c1-5-26-17-10-13-24(3)33(26)39-36(42)32(6-2)44-30-20-12-18-28(23-30)37-35(41)31(22-25-14-11-19-29(21-25)43-4)38-34(40)27-15-8-7-9-16-27/h7-23,32H,5-6H2,1-4H3,(H,37,41)(H,38,40)(H,39,42)/b31-22-. The van der Waals surface area contributed by atoms with Gasteiger partial charge in [0.2, 0.25) is 5.91 Å². The number of anilines is 2. The van der Waals surface area contributed by atoms with Crippen LogP contribution in [0.25, 0.3) is 6.08 Å². The average molecular weight is 608 g/mol. The van der Waals surface area contributed by atoms with Crippen molar-refractivity contribution >= 4 is 46.9 Å². The van der Waals surface area contributed by atoms with Crippen LogP contribution in [-0.4, -0.2) is 30.1 Å². The van der Waals surface area contributed by atoms with Crippen molar-refractivity contribution in [3.63, 3.8) is 0 Å². The quantitative estimate of drug-likeness (QED) is 0.115. The maximum atomic E-state index is 13.5. The minimum atomic E-state index is -0.490. The van der Waals surface area contributed by atoms with Gasteiger partial charge in [-0.3, -0.25) is 14.4 Å². The number of rotatable bonds is 12. The number of carbonyl (C=O) groups is 3. The third-order valence-corrected chi connectivity index (χ3v) is 8.31. The first-order valence-electron chi connectivity index (χ1n) is 14.5. The van der Waals surface area contributed by atoms with Crippen LogP contribution in [0.3, 0.4) is 0 Å². The summed E-state index contributed by atoms with van der Waals surface area (Å²) in [5.74, 6) is -0.338. The van der Waals surface area contributed by atoms with Gasteiger partial charge in [-0.2, -0.15) is 0 Å². The van der Waals surface area contributed by atoms with E-state index in [1.54, 1.807) is 55.7 Å². The van der Waals surface area contributed by atoms with E-state index in [0.29, 0.717) is 29.0 Å². The van der Waals surface area contributed by atoms with Crippen molar-refractivity contribution in [3.05, 3.63) is 125 Å². The molecule has 0 radical (unpaired) electrons. The molecule has 0 bridgehead atoms. The highest BCUT2D eigenvalue weighted by molar-refractivity contribution is 8.00. The predicted molar refractivity (Wildman–Crippen MR) is 179 cm³/mol. The molecule has 0 saturated carbocycles. The Bertz CT molecular complexity index is 1650. The summed E-state index contributed by atoms with van der Waals surface area (Å²) in [6, 6.07) is 29.3. The lowest BCUT2D eigenvalue weighted by molar-refractivity contribution is -0.116. The van der Waals surface area contributed by atoms with E-state index in [0.717, 1.165) is 28.1 Å². The SMILES string of the molecule is CCc1cccc(C)c1NC(=O)C(CC)Sc1cccc(NC(=O)/C(=C/c2cccc(OC)c2)NC(=O)c2ccccc2)c1. The number of methoxy groups -OCH3 is 1. The van der Waals surface area contributed by atoms with Crippen molar-refractivity contribution in [2.45, 2.75) is 43.8 Å². The first kappa shape index (κ1) is 32.1. The summed E-state index contributed by atoms with van der Waals surface area (Å²) >= 11 is 1.44.